The summed E-state index contributed by atoms with van der Waals surface area (Å²) < 4.78 is 5.11. The standard InChI is InChI=1S/C13H13NO4/c1-9-6-11(8-18-9)13(15)7-10-4-2-3-5-12(10)14(16)17/h2-6,8,13,15H,7H2,1H3. The van der Waals surface area contributed by atoms with E-state index in [1.807, 2.05) is 0 Å². The van der Waals surface area contributed by atoms with Crippen LogP contribution < -0.4 is 0 Å². The van der Waals surface area contributed by atoms with Gasteiger partial charge in [-0.05, 0) is 13.0 Å². The zero-order valence-corrected chi connectivity index (χ0v) is 9.87. The van der Waals surface area contributed by atoms with Crippen LogP contribution in [-0.2, 0) is 6.42 Å². The van der Waals surface area contributed by atoms with Crippen molar-refractivity contribution in [2.45, 2.75) is 19.4 Å². The molecule has 0 aliphatic rings. The normalized spacial score (nSPS) is 12.3. The number of nitro benzene ring substituents is 1. The van der Waals surface area contributed by atoms with Gasteiger partial charge in [0.05, 0.1) is 17.3 Å². The molecule has 0 bridgehead atoms. The van der Waals surface area contributed by atoms with Crippen LogP contribution in [0.3, 0.4) is 0 Å². The number of benzene rings is 1. The van der Waals surface area contributed by atoms with Crippen LogP contribution in [0.1, 0.15) is 23.0 Å². The molecule has 18 heavy (non-hydrogen) atoms. The number of hydrogen-bond acceptors (Lipinski definition) is 4. The first-order chi connectivity index (χ1) is 8.58. The molecule has 1 unspecified atom stereocenters. The lowest BCUT2D eigenvalue weighted by atomic mass is 10.0. The zero-order chi connectivity index (χ0) is 13.1. The number of nitrogens with zero attached hydrogens (tertiary/aromatic N) is 1. The molecule has 1 heterocycles. The predicted octanol–water partition coefficient (Wildman–Crippen LogP) is 2.77. The Balaban J connectivity index is 2.21. The van der Waals surface area contributed by atoms with Gasteiger partial charge in [0.25, 0.3) is 5.69 Å². The molecule has 0 saturated carbocycles. The molecular formula is C13H13NO4. The van der Waals surface area contributed by atoms with Gasteiger partial charge in [0, 0.05) is 23.6 Å². The summed E-state index contributed by atoms with van der Waals surface area (Å²) in [5.74, 6) is 0.701. The van der Waals surface area contributed by atoms with E-state index in [4.69, 9.17) is 4.42 Å². The molecule has 2 rings (SSSR count). The summed E-state index contributed by atoms with van der Waals surface area (Å²) in [6.07, 6.45) is 0.855. The number of rotatable bonds is 4. The van der Waals surface area contributed by atoms with E-state index >= 15 is 0 Å². The fraction of sp³-hybridized carbons (Fsp3) is 0.231. The maximum Gasteiger partial charge on any atom is 0.272 e. The molecule has 1 aromatic carbocycles. The zero-order valence-electron chi connectivity index (χ0n) is 9.87. The van der Waals surface area contributed by atoms with Crippen LogP contribution in [0.4, 0.5) is 5.69 Å². The Bertz CT molecular complexity index is 562. The Labute approximate surface area is 104 Å². The number of furan rings is 1. The number of nitro groups is 1. The van der Waals surface area contributed by atoms with Crippen LogP contribution in [0, 0.1) is 17.0 Å². The first kappa shape index (κ1) is 12.3. The Morgan fingerprint density at radius 3 is 2.78 bits per heavy atom. The SMILES string of the molecule is Cc1cc(C(O)Cc2ccccc2[N+](=O)[O-])co1. The van der Waals surface area contributed by atoms with Crippen LogP contribution >= 0.6 is 0 Å². The highest BCUT2D eigenvalue weighted by Gasteiger charge is 2.18. The Kier molecular flexibility index (Phi) is 3.43. The molecule has 0 radical (unpaired) electrons. The molecule has 1 atom stereocenters. The predicted molar refractivity (Wildman–Crippen MR) is 65.2 cm³/mol. The summed E-state index contributed by atoms with van der Waals surface area (Å²) in [5, 5.41) is 20.9. The van der Waals surface area contributed by atoms with Crippen LogP contribution in [0.2, 0.25) is 0 Å². The summed E-state index contributed by atoms with van der Waals surface area (Å²) in [7, 11) is 0. The van der Waals surface area contributed by atoms with Crippen molar-refractivity contribution < 1.29 is 14.4 Å². The summed E-state index contributed by atoms with van der Waals surface area (Å²) in [6, 6.07) is 8.13. The average Bonchev–Trinajstić information content (AvgIpc) is 2.76. The van der Waals surface area contributed by atoms with Crippen molar-refractivity contribution >= 4 is 5.69 Å². The second-order valence-corrected chi connectivity index (χ2v) is 4.10. The maximum atomic E-state index is 10.8. The molecule has 2 aromatic rings. The lowest BCUT2D eigenvalue weighted by Gasteiger charge is -2.08. The molecule has 0 aliphatic heterocycles. The molecule has 0 fully saturated rings. The van der Waals surface area contributed by atoms with Gasteiger partial charge >= 0.3 is 0 Å². The van der Waals surface area contributed by atoms with Crippen molar-refractivity contribution in [2.75, 3.05) is 0 Å². The molecule has 0 aliphatic carbocycles. The van der Waals surface area contributed by atoms with E-state index in [9.17, 15) is 15.2 Å². The third-order valence-electron chi connectivity index (χ3n) is 2.74. The number of aliphatic hydroxyl groups excluding tert-OH is 1. The molecule has 1 aromatic heterocycles. The van der Waals surface area contributed by atoms with Gasteiger partial charge in [-0.1, -0.05) is 18.2 Å². The molecule has 0 saturated heterocycles. The molecule has 0 spiro atoms. The minimum atomic E-state index is -0.802. The molecule has 0 amide bonds. The fourth-order valence-corrected chi connectivity index (χ4v) is 1.83. The van der Waals surface area contributed by atoms with E-state index in [1.54, 1.807) is 31.2 Å². The second-order valence-electron chi connectivity index (χ2n) is 4.10. The van der Waals surface area contributed by atoms with Crippen molar-refractivity contribution in [1.29, 1.82) is 0 Å². The number of hydrogen-bond donors (Lipinski definition) is 1. The van der Waals surface area contributed by atoms with E-state index < -0.39 is 11.0 Å². The van der Waals surface area contributed by atoms with E-state index in [0.29, 0.717) is 16.9 Å². The van der Waals surface area contributed by atoms with Crippen LogP contribution in [0.25, 0.3) is 0 Å². The Hall–Kier alpha value is -2.14. The highest BCUT2D eigenvalue weighted by molar-refractivity contribution is 5.40. The highest BCUT2D eigenvalue weighted by atomic mass is 16.6. The van der Waals surface area contributed by atoms with Crippen LogP contribution in [0.5, 0.6) is 0 Å². The summed E-state index contributed by atoms with van der Waals surface area (Å²) >= 11 is 0. The van der Waals surface area contributed by atoms with Gasteiger partial charge in [0.2, 0.25) is 0 Å². The van der Waals surface area contributed by atoms with Gasteiger partial charge in [0.1, 0.15) is 5.76 Å². The fourth-order valence-electron chi connectivity index (χ4n) is 1.83. The molecule has 1 N–H and O–H groups in total. The summed E-state index contributed by atoms with van der Waals surface area (Å²) in [4.78, 5) is 10.4. The van der Waals surface area contributed by atoms with Crippen molar-refractivity contribution in [2.24, 2.45) is 0 Å². The van der Waals surface area contributed by atoms with Gasteiger partial charge in [-0.15, -0.1) is 0 Å². The lowest BCUT2D eigenvalue weighted by Crippen LogP contribution is -2.03. The molecule has 5 heteroatoms. The maximum absolute atomic E-state index is 10.8. The largest absolute Gasteiger partial charge is 0.469 e. The second kappa shape index (κ2) is 5.01. The van der Waals surface area contributed by atoms with E-state index in [-0.39, 0.29) is 12.1 Å². The number of aliphatic hydroxyl groups is 1. The number of aryl methyl sites for hydroxylation is 1. The first-order valence-electron chi connectivity index (χ1n) is 5.53. The van der Waals surface area contributed by atoms with Crippen LogP contribution in [-0.4, -0.2) is 10.0 Å². The third kappa shape index (κ3) is 2.57. The first-order valence-corrected chi connectivity index (χ1v) is 5.53. The summed E-state index contributed by atoms with van der Waals surface area (Å²) in [5.41, 5.74) is 1.16. The smallest absolute Gasteiger partial charge is 0.272 e. The van der Waals surface area contributed by atoms with Gasteiger partial charge in [-0.25, -0.2) is 0 Å². The van der Waals surface area contributed by atoms with Gasteiger partial charge in [0.15, 0.2) is 0 Å². The number of para-hydroxylation sites is 1. The molecule has 5 nitrogen and oxygen atoms in total. The molecular weight excluding hydrogens is 234 g/mol. The van der Waals surface area contributed by atoms with Crippen molar-refractivity contribution in [3.05, 3.63) is 63.6 Å². The Morgan fingerprint density at radius 1 is 1.44 bits per heavy atom. The van der Waals surface area contributed by atoms with Gasteiger partial charge in [-0.3, -0.25) is 10.1 Å². The van der Waals surface area contributed by atoms with E-state index in [2.05, 4.69) is 0 Å². The minimum Gasteiger partial charge on any atom is -0.469 e. The van der Waals surface area contributed by atoms with Crippen molar-refractivity contribution in [3.63, 3.8) is 0 Å². The average molecular weight is 247 g/mol. The van der Waals surface area contributed by atoms with E-state index in [0.717, 1.165) is 0 Å². The lowest BCUT2D eigenvalue weighted by molar-refractivity contribution is -0.385. The van der Waals surface area contributed by atoms with Crippen LogP contribution in [0.15, 0.2) is 41.0 Å². The highest BCUT2D eigenvalue weighted by Crippen LogP contribution is 2.25. The van der Waals surface area contributed by atoms with E-state index in [1.165, 1.54) is 12.3 Å². The van der Waals surface area contributed by atoms with Crippen molar-refractivity contribution in [3.8, 4) is 0 Å². The van der Waals surface area contributed by atoms with Gasteiger partial charge < -0.3 is 9.52 Å². The molecule has 94 valence electrons. The third-order valence-corrected chi connectivity index (χ3v) is 2.74. The van der Waals surface area contributed by atoms with Crippen molar-refractivity contribution in [1.82, 2.24) is 0 Å². The quantitative estimate of drug-likeness (QED) is 0.665. The summed E-state index contributed by atoms with van der Waals surface area (Å²) in [6.45, 7) is 1.78. The Morgan fingerprint density at radius 2 is 2.17 bits per heavy atom. The topological polar surface area (TPSA) is 76.5 Å². The van der Waals surface area contributed by atoms with Gasteiger partial charge in [-0.2, -0.15) is 0 Å². The monoisotopic (exact) mass is 247 g/mol. The minimum absolute atomic E-state index is 0.0248.